The van der Waals surface area contributed by atoms with E-state index in [1.54, 1.807) is 0 Å². The summed E-state index contributed by atoms with van der Waals surface area (Å²) >= 11 is 3.65. The van der Waals surface area contributed by atoms with Crippen molar-refractivity contribution >= 4 is 15.9 Å². The van der Waals surface area contributed by atoms with Crippen molar-refractivity contribution in [2.75, 3.05) is 6.54 Å². The lowest BCUT2D eigenvalue weighted by molar-refractivity contribution is 0.467. The molecular formula is C12H22BrN3. The van der Waals surface area contributed by atoms with Crippen LogP contribution in [0.5, 0.6) is 0 Å². The minimum Gasteiger partial charge on any atom is -0.330 e. The summed E-state index contributed by atoms with van der Waals surface area (Å²) in [6.45, 7) is 9.46. The Morgan fingerprint density at radius 3 is 2.38 bits per heavy atom. The van der Waals surface area contributed by atoms with E-state index in [0.29, 0.717) is 17.9 Å². The maximum atomic E-state index is 5.68. The van der Waals surface area contributed by atoms with Crippen molar-refractivity contribution in [3.63, 3.8) is 0 Å². The van der Waals surface area contributed by atoms with Crippen molar-refractivity contribution < 1.29 is 0 Å². The van der Waals surface area contributed by atoms with E-state index in [0.717, 1.165) is 17.6 Å². The quantitative estimate of drug-likeness (QED) is 0.903. The van der Waals surface area contributed by atoms with E-state index < -0.39 is 0 Å². The van der Waals surface area contributed by atoms with Crippen molar-refractivity contribution in [1.29, 1.82) is 0 Å². The van der Waals surface area contributed by atoms with Gasteiger partial charge >= 0.3 is 0 Å². The first kappa shape index (κ1) is 13.7. The predicted octanol–water partition coefficient (Wildman–Crippen LogP) is 3.31. The predicted molar refractivity (Wildman–Crippen MR) is 71.6 cm³/mol. The molecule has 0 saturated heterocycles. The lowest BCUT2D eigenvalue weighted by atomic mass is 9.88. The summed E-state index contributed by atoms with van der Waals surface area (Å²) in [6.07, 6.45) is 2.99. The van der Waals surface area contributed by atoms with Gasteiger partial charge in [0.1, 0.15) is 4.60 Å². The third kappa shape index (κ3) is 2.86. The van der Waals surface area contributed by atoms with Crippen LogP contribution in [-0.4, -0.2) is 16.3 Å². The minimum absolute atomic E-state index is 0.383. The smallest absolute Gasteiger partial charge is 0.107 e. The summed E-state index contributed by atoms with van der Waals surface area (Å²) in [6, 6.07) is 0.383. The Morgan fingerprint density at radius 2 is 2.00 bits per heavy atom. The van der Waals surface area contributed by atoms with Crippen molar-refractivity contribution in [2.45, 2.75) is 46.1 Å². The van der Waals surface area contributed by atoms with Crippen LogP contribution in [0.15, 0.2) is 10.8 Å². The van der Waals surface area contributed by atoms with Crippen LogP contribution in [0.25, 0.3) is 0 Å². The van der Waals surface area contributed by atoms with E-state index in [2.05, 4.69) is 48.7 Å². The molecule has 92 valence electrons. The summed E-state index contributed by atoms with van der Waals surface area (Å²) in [5, 5.41) is 4.43. The van der Waals surface area contributed by atoms with Crippen LogP contribution in [0.4, 0.5) is 0 Å². The highest BCUT2D eigenvalue weighted by molar-refractivity contribution is 9.10. The SMILES string of the molecule is CC(C)C(CCN)c1cnn(C(C)C)c1Br. The van der Waals surface area contributed by atoms with Gasteiger partial charge in [-0.25, -0.2) is 0 Å². The van der Waals surface area contributed by atoms with Gasteiger partial charge in [0.05, 0.1) is 6.20 Å². The highest BCUT2D eigenvalue weighted by atomic mass is 79.9. The van der Waals surface area contributed by atoms with Crippen LogP contribution in [0, 0.1) is 5.92 Å². The largest absolute Gasteiger partial charge is 0.330 e. The second kappa shape index (κ2) is 5.82. The van der Waals surface area contributed by atoms with Gasteiger partial charge in [-0.05, 0) is 54.6 Å². The van der Waals surface area contributed by atoms with Crippen molar-refractivity contribution in [1.82, 2.24) is 9.78 Å². The maximum absolute atomic E-state index is 5.68. The molecule has 1 atom stereocenters. The molecule has 0 radical (unpaired) electrons. The lowest BCUT2D eigenvalue weighted by Gasteiger charge is -2.19. The molecule has 1 aromatic rings. The third-order valence-corrected chi connectivity index (χ3v) is 3.75. The molecule has 0 aliphatic rings. The molecule has 0 spiro atoms. The van der Waals surface area contributed by atoms with E-state index >= 15 is 0 Å². The molecule has 1 aromatic heterocycles. The van der Waals surface area contributed by atoms with E-state index in [9.17, 15) is 0 Å². The van der Waals surface area contributed by atoms with E-state index in [-0.39, 0.29) is 0 Å². The molecule has 4 heteroatoms. The Morgan fingerprint density at radius 1 is 1.38 bits per heavy atom. The topological polar surface area (TPSA) is 43.8 Å². The van der Waals surface area contributed by atoms with Gasteiger partial charge in [-0.3, -0.25) is 4.68 Å². The number of aromatic nitrogens is 2. The molecule has 1 rings (SSSR count). The van der Waals surface area contributed by atoms with Gasteiger partial charge in [-0.2, -0.15) is 5.10 Å². The highest BCUT2D eigenvalue weighted by Crippen LogP contribution is 2.33. The first-order valence-corrected chi connectivity index (χ1v) is 6.71. The van der Waals surface area contributed by atoms with Gasteiger partial charge in [0.15, 0.2) is 0 Å². The molecule has 0 aliphatic carbocycles. The average molecular weight is 288 g/mol. The summed E-state index contributed by atoms with van der Waals surface area (Å²) < 4.78 is 3.12. The Balaban J connectivity index is 3.01. The van der Waals surface area contributed by atoms with Crippen LogP contribution in [0.1, 0.15) is 51.6 Å². The number of hydrogen-bond acceptors (Lipinski definition) is 2. The molecule has 0 amide bonds. The zero-order valence-corrected chi connectivity index (χ0v) is 12.2. The van der Waals surface area contributed by atoms with Gasteiger partial charge in [0, 0.05) is 11.6 Å². The summed E-state index contributed by atoms with van der Waals surface area (Å²) in [5.41, 5.74) is 6.96. The number of nitrogens with two attached hydrogens (primary N) is 1. The Hall–Kier alpha value is -0.350. The van der Waals surface area contributed by atoms with Crippen LogP contribution >= 0.6 is 15.9 Å². The number of nitrogens with zero attached hydrogens (tertiary/aromatic N) is 2. The fourth-order valence-corrected chi connectivity index (χ4v) is 2.89. The fraction of sp³-hybridized carbons (Fsp3) is 0.750. The Labute approximate surface area is 107 Å². The van der Waals surface area contributed by atoms with E-state index in [1.165, 1.54) is 5.56 Å². The van der Waals surface area contributed by atoms with Crippen LogP contribution in [0.2, 0.25) is 0 Å². The highest BCUT2D eigenvalue weighted by Gasteiger charge is 2.21. The number of hydrogen-bond donors (Lipinski definition) is 1. The van der Waals surface area contributed by atoms with E-state index in [1.807, 2.05) is 10.9 Å². The van der Waals surface area contributed by atoms with Gasteiger partial charge in [-0.1, -0.05) is 13.8 Å². The second-order valence-corrected chi connectivity index (χ2v) is 5.61. The molecule has 2 N–H and O–H groups in total. The first-order valence-electron chi connectivity index (χ1n) is 5.92. The van der Waals surface area contributed by atoms with Crippen LogP contribution < -0.4 is 5.73 Å². The van der Waals surface area contributed by atoms with Crippen molar-refractivity contribution in [3.8, 4) is 0 Å². The first-order chi connectivity index (χ1) is 7.49. The molecule has 0 aliphatic heterocycles. The fourth-order valence-electron chi connectivity index (χ4n) is 2.00. The molecule has 0 saturated carbocycles. The van der Waals surface area contributed by atoms with Crippen molar-refractivity contribution in [2.24, 2.45) is 11.7 Å². The molecule has 0 fully saturated rings. The third-order valence-electron chi connectivity index (χ3n) is 2.93. The van der Waals surface area contributed by atoms with E-state index in [4.69, 9.17) is 5.73 Å². The van der Waals surface area contributed by atoms with Crippen LogP contribution in [0.3, 0.4) is 0 Å². The Bertz CT molecular complexity index is 331. The summed E-state index contributed by atoms with van der Waals surface area (Å²) in [4.78, 5) is 0. The van der Waals surface area contributed by atoms with Crippen LogP contribution in [-0.2, 0) is 0 Å². The molecule has 1 heterocycles. The van der Waals surface area contributed by atoms with Gasteiger partial charge in [-0.15, -0.1) is 0 Å². The zero-order valence-electron chi connectivity index (χ0n) is 10.6. The summed E-state index contributed by atoms with van der Waals surface area (Å²) in [5.74, 6) is 1.08. The standard InChI is InChI=1S/C12H22BrN3/c1-8(2)10(5-6-14)11-7-15-16(9(3)4)12(11)13/h7-10H,5-6,14H2,1-4H3. The van der Waals surface area contributed by atoms with Gasteiger partial charge in [0.2, 0.25) is 0 Å². The average Bonchev–Trinajstić information content (AvgIpc) is 2.56. The maximum Gasteiger partial charge on any atom is 0.107 e. The minimum atomic E-state index is 0.383. The second-order valence-electron chi connectivity index (χ2n) is 4.86. The van der Waals surface area contributed by atoms with Crippen molar-refractivity contribution in [3.05, 3.63) is 16.4 Å². The molecule has 1 unspecified atom stereocenters. The molecular weight excluding hydrogens is 266 g/mol. The monoisotopic (exact) mass is 287 g/mol. The number of rotatable bonds is 5. The van der Waals surface area contributed by atoms with Gasteiger partial charge < -0.3 is 5.73 Å². The molecule has 3 nitrogen and oxygen atoms in total. The normalized spacial score (nSPS) is 13.8. The van der Waals surface area contributed by atoms with Gasteiger partial charge in [0.25, 0.3) is 0 Å². The lowest BCUT2D eigenvalue weighted by Crippen LogP contribution is -2.13. The Kier molecular flexibility index (Phi) is 4.99. The summed E-state index contributed by atoms with van der Waals surface area (Å²) in [7, 11) is 0. The molecule has 0 bridgehead atoms. The number of halogens is 1. The molecule has 16 heavy (non-hydrogen) atoms. The zero-order chi connectivity index (χ0) is 12.3. The molecule has 0 aromatic carbocycles.